The molecule has 1 unspecified atom stereocenters. The lowest BCUT2D eigenvalue weighted by Gasteiger charge is -2.35. The van der Waals surface area contributed by atoms with Gasteiger partial charge in [-0.25, -0.2) is 0 Å². The SMILES string of the molecule is CC(C)(C)C1CNCC(=CCC2CCOCC2)C1. The molecule has 2 nitrogen and oxygen atoms in total. The number of piperidine rings is 1. The molecule has 2 aliphatic heterocycles. The molecule has 0 aromatic carbocycles. The molecular weight excluding hydrogens is 222 g/mol. The summed E-state index contributed by atoms with van der Waals surface area (Å²) in [5, 5.41) is 3.59. The van der Waals surface area contributed by atoms with Gasteiger partial charge in [0.1, 0.15) is 0 Å². The van der Waals surface area contributed by atoms with E-state index in [0.29, 0.717) is 5.41 Å². The zero-order valence-corrected chi connectivity index (χ0v) is 12.3. The van der Waals surface area contributed by atoms with Gasteiger partial charge in [-0.2, -0.15) is 0 Å². The van der Waals surface area contributed by atoms with E-state index in [4.69, 9.17) is 4.74 Å². The number of hydrogen-bond donors (Lipinski definition) is 1. The fourth-order valence-corrected chi connectivity index (χ4v) is 2.95. The first kappa shape index (κ1) is 14.1. The van der Waals surface area contributed by atoms with E-state index in [1.807, 2.05) is 0 Å². The summed E-state index contributed by atoms with van der Waals surface area (Å²) in [5.74, 6) is 1.65. The Bertz CT molecular complexity index is 284. The summed E-state index contributed by atoms with van der Waals surface area (Å²) in [6.07, 6.45) is 7.57. The van der Waals surface area contributed by atoms with Crippen LogP contribution in [-0.4, -0.2) is 26.3 Å². The van der Waals surface area contributed by atoms with Crippen LogP contribution in [0.2, 0.25) is 0 Å². The highest BCUT2D eigenvalue weighted by molar-refractivity contribution is 5.10. The second kappa shape index (κ2) is 6.21. The molecule has 2 rings (SSSR count). The van der Waals surface area contributed by atoms with Crippen molar-refractivity contribution < 1.29 is 4.74 Å². The molecule has 1 atom stereocenters. The third-order valence-electron chi connectivity index (χ3n) is 4.56. The first-order valence-corrected chi connectivity index (χ1v) is 7.52. The van der Waals surface area contributed by atoms with Crippen LogP contribution in [0.25, 0.3) is 0 Å². The molecule has 2 heteroatoms. The summed E-state index contributed by atoms with van der Waals surface area (Å²) < 4.78 is 5.42. The summed E-state index contributed by atoms with van der Waals surface area (Å²) >= 11 is 0. The van der Waals surface area contributed by atoms with Gasteiger partial charge in [-0.05, 0) is 49.5 Å². The van der Waals surface area contributed by atoms with Crippen LogP contribution < -0.4 is 5.32 Å². The molecule has 2 saturated heterocycles. The van der Waals surface area contributed by atoms with Crippen LogP contribution in [0.15, 0.2) is 11.6 Å². The van der Waals surface area contributed by atoms with Gasteiger partial charge >= 0.3 is 0 Å². The third-order valence-corrected chi connectivity index (χ3v) is 4.56. The molecule has 18 heavy (non-hydrogen) atoms. The average Bonchev–Trinajstić information content (AvgIpc) is 2.37. The smallest absolute Gasteiger partial charge is 0.0468 e. The molecule has 2 heterocycles. The summed E-state index contributed by atoms with van der Waals surface area (Å²) in [4.78, 5) is 0. The predicted molar refractivity (Wildman–Crippen MR) is 76.7 cm³/mol. The first-order chi connectivity index (χ1) is 8.55. The van der Waals surface area contributed by atoms with Crippen molar-refractivity contribution in [1.29, 1.82) is 0 Å². The van der Waals surface area contributed by atoms with E-state index >= 15 is 0 Å². The Morgan fingerprint density at radius 2 is 2.00 bits per heavy atom. The largest absolute Gasteiger partial charge is 0.381 e. The van der Waals surface area contributed by atoms with Gasteiger partial charge in [0.25, 0.3) is 0 Å². The highest BCUT2D eigenvalue weighted by atomic mass is 16.5. The van der Waals surface area contributed by atoms with Crippen molar-refractivity contribution in [3.63, 3.8) is 0 Å². The summed E-state index contributed by atoms with van der Waals surface area (Å²) in [7, 11) is 0. The minimum absolute atomic E-state index is 0.422. The number of nitrogens with one attached hydrogen (secondary N) is 1. The second-order valence-corrected chi connectivity index (χ2v) is 7.05. The molecule has 0 bridgehead atoms. The highest BCUT2D eigenvalue weighted by Crippen LogP contribution is 2.33. The highest BCUT2D eigenvalue weighted by Gasteiger charge is 2.27. The molecule has 0 radical (unpaired) electrons. The van der Waals surface area contributed by atoms with Gasteiger partial charge in [-0.3, -0.25) is 0 Å². The fourth-order valence-electron chi connectivity index (χ4n) is 2.95. The molecular formula is C16H29NO. The number of ether oxygens (including phenoxy) is 1. The van der Waals surface area contributed by atoms with Crippen molar-refractivity contribution in [2.24, 2.45) is 17.3 Å². The lowest BCUT2D eigenvalue weighted by atomic mass is 9.75. The Kier molecular flexibility index (Phi) is 4.85. The van der Waals surface area contributed by atoms with Crippen molar-refractivity contribution in [1.82, 2.24) is 5.32 Å². The summed E-state index contributed by atoms with van der Waals surface area (Å²) in [6, 6.07) is 0. The molecule has 0 aliphatic carbocycles. The van der Waals surface area contributed by atoms with Crippen LogP contribution in [0.1, 0.15) is 46.5 Å². The molecule has 0 saturated carbocycles. The van der Waals surface area contributed by atoms with E-state index in [-0.39, 0.29) is 0 Å². The lowest BCUT2D eigenvalue weighted by molar-refractivity contribution is 0.0671. The van der Waals surface area contributed by atoms with Gasteiger partial charge in [0.2, 0.25) is 0 Å². The Morgan fingerprint density at radius 3 is 2.67 bits per heavy atom. The summed E-state index contributed by atoms with van der Waals surface area (Å²) in [5.41, 5.74) is 2.05. The molecule has 1 N–H and O–H groups in total. The minimum atomic E-state index is 0.422. The zero-order valence-electron chi connectivity index (χ0n) is 12.3. The second-order valence-electron chi connectivity index (χ2n) is 7.05. The maximum atomic E-state index is 5.42. The molecule has 0 aromatic rings. The van der Waals surface area contributed by atoms with E-state index in [2.05, 4.69) is 32.2 Å². The van der Waals surface area contributed by atoms with Crippen LogP contribution in [0, 0.1) is 17.3 Å². The van der Waals surface area contributed by atoms with Gasteiger partial charge < -0.3 is 10.1 Å². The van der Waals surface area contributed by atoms with Gasteiger partial charge in [-0.1, -0.05) is 32.4 Å². The molecule has 0 spiro atoms. The zero-order chi connectivity index (χ0) is 13.0. The molecule has 104 valence electrons. The van der Waals surface area contributed by atoms with E-state index in [1.54, 1.807) is 5.57 Å². The molecule has 0 amide bonds. The fraction of sp³-hybridized carbons (Fsp3) is 0.875. The minimum Gasteiger partial charge on any atom is -0.381 e. The standard InChI is InChI=1S/C16H29NO/c1-16(2,3)15-10-14(11-17-12-15)5-4-13-6-8-18-9-7-13/h5,13,15,17H,4,6-12H2,1-3H3. The number of hydrogen-bond acceptors (Lipinski definition) is 2. The van der Waals surface area contributed by atoms with Crippen molar-refractivity contribution in [3.8, 4) is 0 Å². The van der Waals surface area contributed by atoms with Crippen LogP contribution in [-0.2, 0) is 4.74 Å². The first-order valence-electron chi connectivity index (χ1n) is 7.52. The number of allylic oxidation sites excluding steroid dienone is 1. The van der Waals surface area contributed by atoms with Crippen molar-refractivity contribution >= 4 is 0 Å². The van der Waals surface area contributed by atoms with Gasteiger partial charge in [0.15, 0.2) is 0 Å². The Balaban J connectivity index is 1.84. The van der Waals surface area contributed by atoms with E-state index < -0.39 is 0 Å². The van der Waals surface area contributed by atoms with Crippen molar-refractivity contribution in [2.75, 3.05) is 26.3 Å². The van der Waals surface area contributed by atoms with Crippen molar-refractivity contribution in [3.05, 3.63) is 11.6 Å². The van der Waals surface area contributed by atoms with Gasteiger partial charge in [-0.15, -0.1) is 0 Å². The van der Waals surface area contributed by atoms with Gasteiger partial charge in [0, 0.05) is 19.8 Å². The Labute approximate surface area is 112 Å². The van der Waals surface area contributed by atoms with Crippen LogP contribution in [0.3, 0.4) is 0 Å². The Morgan fingerprint density at radius 1 is 1.28 bits per heavy atom. The molecule has 2 fully saturated rings. The average molecular weight is 251 g/mol. The quantitative estimate of drug-likeness (QED) is 0.760. The van der Waals surface area contributed by atoms with Gasteiger partial charge in [0.05, 0.1) is 0 Å². The predicted octanol–water partition coefficient (Wildman–Crippen LogP) is 3.39. The van der Waals surface area contributed by atoms with E-state index in [9.17, 15) is 0 Å². The van der Waals surface area contributed by atoms with Crippen LogP contribution in [0.4, 0.5) is 0 Å². The summed E-state index contributed by atoms with van der Waals surface area (Å²) in [6.45, 7) is 11.3. The normalized spacial score (nSPS) is 29.7. The topological polar surface area (TPSA) is 21.3 Å². The molecule has 0 aromatic heterocycles. The third kappa shape index (κ3) is 4.10. The number of rotatable bonds is 2. The Hall–Kier alpha value is -0.340. The van der Waals surface area contributed by atoms with Crippen LogP contribution >= 0.6 is 0 Å². The van der Waals surface area contributed by atoms with E-state index in [0.717, 1.165) is 31.6 Å². The maximum absolute atomic E-state index is 5.42. The maximum Gasteiger partial charge on any atom is 0.0468 e. The molecule has 2 aliphatic rings. The van der Waals surface area contributed by atoms with E-state index in [1.165, 1.54) is 32.2 Å². The van der Waals surface area contributed by atoms with Crippen LogP contribution in [0.5, 0.6) is 0 Å². The van der Waals surface area contributed by atoms with Crippen molar-refractivity contribution in [2.45, 2.75) is 46.5 Å². The monoisotopic (exact) mass is 251 g/mol. The lowest BCUT2D eigenvalue weighted by Crippen LogP contribution is -2.38.